The third kappa shape index (κ3) is 6.38. The minimum atomic E-state index is -0.841. The van der Waals surface area contributed by atoms with E-state index in [4.69, 9.17) is 0 Å². The van der Waals surface area contributed by atoms with E-state index in [0.717, 1.165) is 38.5 Å². The fraction of sp³-hybridized carbons (Fsp3) is 0.389. The van der Waals surface area contributed by atoms with Crippen molar-refractivity contribution in [3.05, 3.63) is 84.9 Å². The van der Waals surface area contributed by atoms with Crippen LogP contribution in [0.2, 0.25) is 0 Å². The van der Waals surface area contributed by atoms with Gasteiger partial charge in [-0.25, -0.2) is 0 Å². The molecule has 4 saturated carbocycles. The molecule has 43 heavy (non-hydrogen) atoms. The van der Waals surface area contributed by atoms with Gasteiger partial charge >= 0.3 is 17.6 Å². The zero-order valence-electron chi connectivity index (χ0n) is 24.1. The van der Waals surface area contributed by atoms with Crippen LogP contribution in [0.3, 0.4) is 0 Å². The van der Waals surface area contributed by atoms with Gasteiger partial charge in [0.15, 0.2) is 0 Å². The van der Waals surface area contributed by atoms with E-state index < -0.39 is 11.9 Å². The summed E-state index contributed by atoms with van der Waals surface area (Å²) in [6.07, 6.45) is 6.13. The van der Waals surface area contributed by atoms with E-state index in [1.165, 1.54) is 31.3 Å². The van der Waals surface area contributed by atoms with Gasteiger partial charge in [0.1, 0.15) is 0 Å². The van der Waals surface area contributed by atoms with Crippen LogP contribution in [0.5, 0.6) is 0 Å². The van der Waals surface area contributed by atoms with E-state index >= 15 is 0 Å². The van der Waals surface area contributed by atoms with Crippen LogP contribution in [0.25, 0.3) is 21.5 Å². The minimum absolute atomic E-state index is 0. The molecule has 0 heterocycles. The molecule has 8 rings (SSSR count). The van der Waals surface area contributed by atoms with E-state index in [2.05, 4.69) is 84.9 Å². The Bertz CT molecular complexity index is 1520. The monoisotopic (exact) mass is 670 g/mol. The summed E-state index contributed by atoms with van der Waals surface area (Å²) in [6.45, 7) is 0. The van der Waals surface area contributed by atoms with Crippen molar-refractivity contribution in [1.29, 1.82) is 0 Å². The number of benzene rings is 4. The summed E-state index contributed by atoms with van der Waals surface area (Å²) in [5.74, 6) is -0.333. The first-order valence-electron chi connectivity index (χ1n) is 15.1. The van der Waals surface area contributed by atoms with Crippen molar-refractivity contribution < 1.29 is 19.8 Å². The van der Waals surface area contributed by atoms with Gasteiger partial charge in [0, 0.05) is 44.1 Å². The summed E-state index contributed by atoms with van der Waals surface area (Å²) < 4.78 is 0. The van der Waals surface area contributed by atoms with Crippen LogP contribution in [0.1, 0.15) is 38.5 Å². The van der Waals surface area contributed by atoms with Crippen LogP contribution in [0.4, 0.5) is 0 Å². The van der Waals surface area contributed by atoms with Gasteiger partial charge in [-0.1, -0.05) is 60.7 Å². The molecular formula is C36H36GeO4S2. The molecule has 0 amide bonds. The molecule has 0 N–H and O–H groups in total. The Morgan fingerprint density at radius 3 is 1.30 bits per heavy atom. The Morgan fingerprint density at radius 2 is 0.930 bits per heavy atom. The van der Waals surface area contributed by atoms with E-state index in [1.807, 2.05) is 23.5 Å². The van der Waals surface area contributed by atoms with Crippen LogP contribution in [0, 0.1) is 35.5 Å². The third-order valence-corrected chi connectivity index (χ3v) is 12.9. The van der Waals surface area contributed by atoms with E-state index in [1.54, 1.807) is 0 Å². The van der Waals surface area contributed by atoms with Gasteiger partial charge in [-0.05, 0) is 108 Å². The Kier molecular flexibility index (Phi) is 9.18. The molecule has 4 nitrogen and oxygen atoms in total. The molecule has 8 unspecified atom stereocenters. The number of thioether (sulfide) groups is 2. The second-order valence-corrected chi connectivity index (χ2v) is 15.3. The molecule has 0 spiro atoms. The summed E-state index contributed by atoms with van der Waals surface area (Å²) in [5.41, 5.74) is 0. The first-order valence-corrected chi connectivity index (χ1v) is 16.9. The van der Waals surface area contributed by atoms with Gasteiger partial charge in [-0.15, -0.1) is 23.5 Å². The van der Waals surface area contributed by atoms with Crippen LogP contribution < -0.4 is 10.2 Å². The number of carbonyl (C=O) groups is 2. The van der Waals surface area contributed by atoms with E-state index in [9.17, 15) is 19.8 Å². The van der Waals surface area contributed by atoms with E-state index in [0.29, 0.717) is 34.2 Å². The molecular weight excluding hydrogens is 633 g/mol. The second kappa shape index (κ2) is 12.9. The number of carboxylic acids is 2. The van der Waals surface area contributed by atoms with Crippen LogP contribution in [-0.2, 0) is 9.59 Å². The molecule has 0 aromatic heterocycles. The maximum absolute atomic E-state index is 11.2. The topological polar surface area (TPSA) is 80.3 Å². The molecule has 8 atom stereocenters. The third-order valence-electron chi connectivity index (χ3n) is 10.1. The quantitative estimate of drug-likeness (QED) is 0.260. The molecule has 7 heteroatoms. The van der Waals surface area contributed by atoms with Crippen molar-refractivity contribution in [2.75, 3.05) is 0 Å². The van der Waals surface area contributed by atoms with Crippen molar-refractivity contribution in [1.82, 2.24) is 0 Å². The summed E-state index contributed by atoms with van der Waals surface area (Å²) in [7, 11) is 0. The first-order chi connectivity index (χ1) is 20.4. The Balaban J connectivity index is 0.000000150. The zero-order chi connectivity index (χ0) is 28.8. The number of carboxylic acid groups (broad SMARTS) is 2. The first kappa shape index (κ1) is 30.6. The normalized spacial score (nSPS) is 30.1. The summed E-state index contributed by atoms with van der Waals surface area (Å²) in [4.78, 5) is 25.0. The van der Waals surface area contributed by atoms with Gasteiger partial charge in [0.25, 0.3) is 0 Å². The van der Waals surface area contributed by atoms with Gasteiger partial charge in [-0.3, -0.25) is 0 Å². The fourth-order valence-electron chi connectivity index (χ4n) is 8.22. The van der Waals surface area contributed by atoms with Crippen LogP contribution in [0.15, 0.2) is 94.7 Å². The van der Waals surface area contributed by atoms with Gasteiger partial charge in [0.05, 0.1) is 0 Å². The van der Waals surface area contributed by atoms with Crippen molar-refractivity contribution in [3.63, 3.8) is 0 Å². The SMILES string of the molecule is O=C([O-])C1CC2CC(Sc3ccc4ccccc4c3)C1C2.O=C([O-])C1CC2CC(Sc3ccc4ccccc4c3)C1C2.[GeH2+2]. The van der Waals surface area contributed by atoms with Gasteiger partial charge < -0.3 is 19.8 Å². The summed E-state index contributed by atoms with van der Waals surface area (Å²) in [6, 6.07) is 29.8. The average Bonchev–Trinajstić information content (AvgIpc) is 3.79. The molecule has 4 aliphatic rings. The van der Waals surface area contributed by atoms with Crippen molar-refractivity contribution in [2.45, 2.75) is 58.8 Å². The summed E-state index contributed by atoms with van der Waals surface area (Å²) in [5, 5.41) is 28.4. The van der Waals surface area contributed by atoms with Crippen LogP contribution >= 0.6 is 23.5 Å². The molecule has 4 aromatic carbocycles. The number of carbonyl (C=O) groups excluding carboxylic acids is 2. The molecule has 4 fully saturated rings. The molecule has 0 aliphatic heterocycles. The van der Waals surface area contributed by atoms with E-state index in [-0.39, 0.29) is 29.4 Å². The molecule has 0 radical (unpaired) electrons. The molecule has 220 valence electrons. The standard InChI is InChI=1S/2C18H18O2S.GeH2/c2*19-18(20)16-8-11-7-15(16)17(9-11)21-14-6-5-12-3-1-2-4-13(12)10-14;/h2*1-6,10-11,15-17H,7-9H2,(H,19,20);1H2/q;;+2/p-2. The van der Waals surface area contributed by atoms with Gasteiger partial charge in [-0.2, -0.15) is 0 Å². The Morgan fingerprint density at radius 1 is 0.535 bits per heavy atom. The van der Waals surface area contributed by atoms with Crippen molar-refractivity contribution >= 4 is 74.6 Å². The fourth-order valence-corrected chi connectivity index (χ4v) is 11.3. The Labute approximate surface area is 272 Å². The molecule has 4 aliphatic carbocycles. The number of fused-ring (bicyclic) bond motifs is 6. The number of rotatable bonds is 6. The molecule has 0 saturated heterocycles. The number of aliphatic carboxylic acids is 2. The average molecular weight is 669 g/mol. The van der Waals surface area contributed by atoms with Crippen LogP contribution in [-0.4, -0.2) is 40.0 Å². The molecule has 4 bridgehead atoms. The maximum atomic E-state index is 11.2. The number of hydrogen-bond donors (Lipinski definition) is 0. The Hall–Kier alpha value is -2.42. The zero-order valence-corrected chi connectivity index (χ0v) is 28.7. The van der Waals surface area contributed by atoms with Crippen molar-refractivity contribution in [3.8, 4) is 0 Å². The predicted molar refractivity (Wildman–Crippen MR) is 174 cm³/mol. The second-order valence-electron chi connectivity index (χ2n) is 12.7. The number of hydrogen-bond acceptors (Lipinski definition) is 6. The summed E-state index contributed by atoms with van der Waals surface area (Å²) >= 11 is 3.72. The predicted octanol–water partition coefficient (Wildman–Crippen LogP) is 5.28. The van der Waals surface area contributed by atoms with Crippen molar-refractivity contribution in [2.24, 2.45) is 35.5 Å². The van der Waals surface area contributed by atoms with Gasteiger partial charge in [0.2, 0.25) is 0 Å². The molecule has 4 aromatic rings.